The lowest BCUT2D eigenvalue weighted by atomic mass is 9.89. The number of carboxylic acids is 1. The van der Waals surface area contributed by atoms with Crippen molar-refractivity contribution in [2.24, 2.45) is 16.2 Å². The minimum atomic E-state index is -6.06. The van der Waals surface area contributed by atoms with Gasteiger partial charge in [-0.1, -0.05) is 51.1 Å². The minimum absolute atomic E-state index is 0.0706. The third-order valence-electron chi connectivity index (χ3n) is 7.45. The number of aliphatic hydroxyl groups is 4. The first-order chi connectivity index (χ1) is 20.4. The zero-order chi connectivity index (χ0) is 35.9. The Bertz CT molecular complexity index is 1020. The van der Waals surface area contributed by atoms with Crippen molar-refractivity contribution in [3.05, 3.63) is 35.9 Å². The molecule has 0 radical (unpaired) electrons. The molecule has 16 heteroatoms. The number of benzene rings is 1. The number of aliphatic hydroxyl groups excluding tert-OH is 3. The summed E-state index contributed by atoms with van der Waals surface area (Å²) in [6.45, 7) is 5.96. The lowest BCUT2D eigenvalue weighted by molar-refractivity contribution is -0.375. The molecule has 1 aromatic carbocycles. The predicted molar refractivity (Wildman–Crippen MR) is 148 cm³/mol. The Labute approximate surface area is 258 Å². The Kier molecular flexibility index (Phi) is 17.9. The van der Waals surface area contributed by atoms with E-state index in [0.29, 0.717) is 12.8 Å². The molecule has 0 bridgehead atoms. The molecule has 0 spiro atoms. The highest BCUT2D eigenvalue weighted by atomic mass is 19.4. The standard InChI is InChI=1S/C13H18O3.C10H14F6O4.C6H12O3/c1-3-13(2,10-14)12(15)16-9-11-7-5-4-6-8-11;1-3-7(2,4-17)6(18)20-5-8(19,9(11,12)13)10(14,15)16;1-3-6(2,4-7)5(8)9/h4-8,14H,3,9-10H2,1-2H3;17,19H,3-5H2,1-2H3;7H,3-4H2,1-2H3,(H,8,9). The zero-order valence-electron chi connectivity index (χ0n) is 26.1. The first kappa shape index (κ1) is 44.2. The van der Waals surface area contributed by atoms with E-state index in [9.17, 15) is 40.7 Å². The number of halogens is 6. The lowest BCUT2D eigenvalue weighted by Crippen LogP contribution is -2.60. The van der Waals surface area contributed by atoms with E-state index in [2.05, 4.69) is 4.74 Å². The van der Waals surface area contributed by atoms with Gasteiger partial charge in [0, 0.05) is 0 Å². The lowest BCUT2D eigenvalue weighted by Gasteiger charge is -2.33. The molecule has 0 aromatic heterocycles. The molecule has 0 fully saturated rings. The summed E-state index contributed by atoms with van der Waals surface area (Å²) in [4.78, 5) is 33.4. The predicted octanol–water partition coefficient (Wildman–Crippen LogP) is 4.41. The van der Waals surface area contributed by atoms with Gasteiger partial charge in [0.1, 0.15) is 13.2 Å². The van der Waals surface area contributed by atoms with Crippen molar-refractivity contribution in [3.63, 3.8) is 0 Å². The quantitative estimate of drug-likeness (QED) is 0.150. The fourth-order valence-corrected chi connectivity index (χ4v) is 2.54. The van der Waals surface area contributed by atoms with Crippen molar-refractivity contribution in [1.82, 2.24) is 0 Å². The second kappa shape index (κ2) is 18.3. The summed E-state index contributed by atoms with van der Waals surface area (Å²) in [6, 6.07) is 9.50. The third-order valence-corrected chi connectivity index (χ3v) is 7.45. The van der Waals surface area contributed by atoms with Crippen LogP contribution >= 0.6 is 0 Å². The highest BCUT2D eigenvalue weighted by Gasteiger charge is 2.71. The van der Waals surface area contributed by atoms with Crippen molar-refractivity contribution in [1.29, 1.82) is 0 Å². The normalized spacial score (nSPS) is 15.8. The van der Waals surface area contributed by atoms with Crippen LogP contribution in [0.3, 0.4) is 0 Å². The average Bonchev–Trinajstić information content (AvgIpc) is 3.00. The van der Waals surface area contributed by atoms with E-state index >= 15 is 0 Å². The summed E-state index contributed by atoms with van der Waals surface area (Å²) in [5.41, 5.74) is -7.57. The molecular weight excluding hydrogens is 622 g/mol. The van der Waals surface area contributed by atoms with E-state index in [1.54, 1.807) is 13.8 Å². The SMILES string of the molecule is CCC(C)(CO)C(=O)O.CCC(C)(CO)C(=O)OCC(O)(C(F)(F)F)C(F)(F)F.CCC(C)(CO)C(=O)OCc1ccccc1. The van der Waals surface area contributed by atoms with Crippen LogP contribution < -0.4 is 0 Å². The Morgan fingerprint density at radius 3 is 1.29 bits per heavy atom. The number of carbonyl (C=O) groups excluding carboxylic acids is 2. The second-order valence-corrected chi connectivity index (χ2v) is 11.0. The minimum Gasteiger partial charge on any atom is -0.481 e. The van der Waals surface area contributed by atoms with Crippen LogP contribution in [0.4, 0.5) is 26.3 Å². The van der Waals surface area contributed by atoms with E-state index in [-0.39, 0.29) is 32.2 Å². The molecule has 3 atom stereocenters. The summed E-state index contributed by atoms with van der Waals surface area (Å²) < 4.78 is 82.9. The maximum absolute atomic E-state index is 12.3. The molecule has 0 heterocycles. The second-order valence-electron chi connectivity index (χ2n) is 11.0. The van der Waals surface area contributed by atoms with Gasteiger partial charge in [0.25, 0.3) is 5.60 Å². The third kappa shape index (κ3) is 12.8. The number of alkyl halides is 6. The number of ether oxygens (including phenoxy) is 2. The van der Waals surface area contributed by atoms with Crippen LogP contribution in [0.1, 0.15) is 66.4 Å². The first-order valence-corrected chi connectivity index (χ1v) is 13.7. The number of hydrogen-bond donors (Lipinski definition) is 5. The molecule has 0 aliphatic rings. The average molecular weight is 667 g/mol. The van der Waals surface area contributed by atoms with Gasteiger partial charge in [0.2, 0.25) is 0 Å². The van der Waals surface area contributed by atoms with Crippen LogP contribution in [0.25, 0.3) is 0 Å². The number of esters is 2. The van der Waals surface area contributed by atoms with Gasteiger partial charge < -0.3 is 35.0 Å². The van der Waals surface area contributed by atoms with Crippen molar-refractivity contribution < 1.29 is 75.7 Å². The fraction of sp³-hybridized carbons (Fsp3) is 0.690. The Balaban J connectivity index is 0. The summed E-state index contributed by atoms with van der Waals surface area (Å²) in [5.74, 6) is -2.75. The number of carbonyl (C=O) groups is 3. The molecule has 0 saturated heterocycles. The van der Waals surface area contributed by atoms with Gasteiger partial charge in [-0.05, 0) is 45.6 Å². The molecule has 0 aliphatic heterocycles. The van der Waals surface area contributed by atoms with Gasteiger partial charge in [-0.3, -0.25) is 14.4 Å². The van der Waals surface area contributed by atoms with E-state index in [1.165, 1.54) is 13.8 Å². The Morgan fingerprint density at radius 2 is 1.02 bits per heavy atom. The van der Waals surface area contributed by atoms with Gasteiger partial charge >= 0.3 is 30.3 Å². The van der Waals surface area contributed by atoms with E-state index in [0.717, 1.165) is 12.5 Å². The van der Waals surface area contributed by atoms with E-state index < -0.39 is 59.4 Å². The smallest absolute Gasteiger partial charge is 0.429 e. The summed E-state index contributed by atoms with van der Waals surface area (Å²) in [6.07, 6.45) is -11.2. The number of rotatable bonds is 13. The molecule has 0 amide bonds. The summed E-state index contributed by atoms with van der Waals surface area (Å²) in [5, 5.41) is 43.9. The van der Waals surface area contributed by atoms with E-state index in [4.69, 9.17) is 30.3 Å². The fourth-order valence-electron chi connectivity index (χ4n) is 2.54. The Morgan fingerprint density at radius 1 is 0.667 bits per heavy atom. The molecule has 1 aromatic rings. The van der Waals surface area contributed by atoms with Crippen molar-refractivity contribution in [2.45, 2.75) is 85.4 Å². The van der Waals surface area contributed by atoms with Gasteiger partial charge in [-0.2, -0.15) is 26.3 Å². The van der Waals surface area contributed by atoms with E-state index in [1.807, 2.05) is 37.3 Å². The maximum Gasteiger partial charge on any atom is 0.429 e. The monoisotopic (exact) mass is 666 g/mol. The molecule has 1 rings (SSSR count). The largest absolute Gasteiger partial charge is 0.481 e. The topological polar surface area (TPSA) is 171 Å². The van der Waals surface area contributed by atoms with Crippen LogP contribution in [0.15, 0.2) is 30.3 Å². The summed E-state index contributed by atoms with van der Waals surface area (Å²) >= 11 is 0. The molecule has 0 saturated carbocycles. The highest BCUT2D eigenvalue weighted by molar-refractivity contribution is 5.77. The maximum atomic E-state index is 12.3. The van der Waals surface area contributed by atoms with Crippen molar-refractivity contribution in [3.8, 4) is 0 Å². The molecule has 5 N–H and O–H groups in total. The first-order valence-electron chi connectivity index (χ1n) is 13.7. The number of aliphatic carboxylic acids is 1. The molecule has 262 valence electrons. The summed E-state index contributed by atoms with van der Waals surface area (Å²) in [7, 11) is 0. The van der Waals surface area contributed by atoms with Gasteiger partial charge in [-0.15, -0.1) is 0 Å². The zero-order valence-corrected chi connectivity index (χ0v) is 26.1. The molecule has 10 nitrogen and oxygen atoms in total. The van der Waals surface area contributed by atoms with Crippen LogP contribution in [0.5, 0.6) is 0 Å². The van der Waals surface area contributed by atoms with Gasteiger partial charge in [0.05, 0.1) is 36.1 Å². The Hall–Kier alpha value is -2.95. The number of hydrogen-bond acceptors (Lipinski definition) is 9. The highest BCUT2D eigenvalue weighted by Crippen LogP contribution is 2.43. The van der Waals surface area contributed by atoms with Crippen LogP contribution in [0, 0.1) is 16.2 Å². The molecule has 0 aliphatic carbocycles. The van der Waals surface area contributed by atoms with Crippen molar-refractivity contribution in [2.75, 3.05) is 26.4 Å². The van der Waals surface area contributed by atoms with Gasteiger partial charge in [-0.25, -0.2) is 0 Å². The van der Waals surface area contributed by atoms with Crippen LogP contribution in [-0.2, 0) is 30.5 Å². The van der Waals surface area contributed by atoms with Crippen LogP contribution in [-0.4, -0.2) is 87.8 Å². The van der Waals surface area contributed by atoms with Gasteiger partial charge in [0.15, 0.2) is 0 Å². The molecular formula is C29H44F6O10. The molecule has 3 unspecified atom stereocenters. The van der Waals surface area contributed by atoms with Crippen LogP contribution in [0.2, 0.25) is 0 Å². The number of carboxylic acid groups (broad SMARTS) is 1. The van der Waals surface area contributed by atoms with Crippen molar-refractivity contribution >= 4 is 17.9 Å². The molecule has 45 heavy (non-hydrogen) atoms.